The number of carbonyl (C=O) groups excluding carboxylic acids is 1. The highest BCUT2D eigenvalue weighted by Crippen LogP contribution is 2.23. The van der Waals surface area contributed by atoms with Gasteiger partial charge in [-0.05, 0) is 37.6 Å². The van der Waals surface area contributed by atoms with Crippen molar-refractivity contribution in [1.82, 2.24) is 0 Å². The SMILES string of the molecule is COc1ccc(C)cc1CC(=O)c1ccc(Br)cc1C. The Hall–Kier alpha value is -1.61. The highest BCUT2D eigenvalue weighted by atomic mass is 79.9. The summed E-state index contributed by atoms with van der Waals surface area (Å²) >= 11 is 3.41. The van der Waals surface area contributed by atoms with Gasteiger partial charge in [0.1, 0.15) is 5.75 Å². The van der Waals surface area contributed by atoms with Crippen molar-refractivity contribution in [2.24, 2.45) is 0 Å². The van der Waals surface area contributed by atoms with E-state index >= 15 is 0 Å². The van der Waals surface area contributed by atoms with Crippen molar-refractivity contribution in [3.8, 4) is 5.75 Å². The number of ether oxygens (including phenoxy) is 1. The van der Waals surface area contributed by atoms with E-state index in [-0.39, 0.29) is 5.78 Å². The van der Waals surface area contributed by atoms with Gasteiger partial charge < -0.3 is 4.74 Å². The number of carbonyl (C=O) groups is 1. The largest absolute Gasteiger partial charge is 0.496 e. The Morgan fingerprint density at radius 3 is 2.55 bits per heavy atom. The van der Waals surface area contributed by atoms with E-state index in [1.807, 2.05) is 50.2 Å². The molecule has 0 N–H and O–H groups in total. The van der Waals surface area contributed by atoms with Crippen LogP contribution in [0.2, 0.25) is 0 Å². The third-order valence-electron chi connectivity index (χ3n) is 3.28. The highest BCUT2D eigenvalue weighted by molar-refractivity contribution is 9.10. The second kappa shape index (κ2) is 6.23. The lowest BCUT2D eigenvalue weighted by Gasteiger charge is -2.10. The summed E-state index contributed by atoms with van der Waals surface area (Å²) in [5, 5.41) is 0. The Balaban J connectivity index is 2.30. The van der Waals surface area contributed by atoms with Crippen LogP contribution in [0.1, 0.15) is 27.0 Å². The first kappa shape index (κ1) is 14.8. The molecule has 2 rings (SSSR count). The van der Waals surface area contributed by atoms with Gasteiger partial charge in [-0.3, -0.25) is 4.79 Å². The van der Waals surface area contributed by atoms with E-state index < -0.39 is 0 Å². The molecule has 0 amide bonds. The predicted octanol–water partition coefficient (Wildman–Crippen LogP) is 4.50. The maximum absolute atomic E-state index is 12.5. The fourth-order valence-electron chi connectivity index (χ4n) is 2.25. The van der Waals surface area contributed by atoms with Crippen molar-refractivity contribution in [2.75, 3.05) is 7.11 Å². The van der Waals surface area contributed by atoms with Crippen molar-refractivity contribution < 1.29 is 9.53 Å². The van der Waals surface area contributed by atoms with Crippen LogP contribution in [0, 0.1) is 13.8 Å². The number of aryl methyl sites for hydroxylation is 2. The van der Waals surface area contributed by atoms with E-state index in [9.17, 15) is 4.79 Å². The molecule has 0 aliphatic carbocycles. The quantitative estimate of drug-likeness (QED) is 0.770. The van der Waals surface area contributed by atoms with Gasteiger partial charge in [-0.15, -0.1) is 0 Å². The zero-order valence-electron chi connectivity index (χ0n) is 11.9. The van der Waals surface area contributed by atoms with Crippen molar-refractivity contribution in [3.63, 3.8) is 0 Å². The molecule has 0 unspecified atom stereocenters. The number of methoxy groups -OCH3 is 1. The predicted molar refractivity (Wildman–Crippen MR) is 84.6 cm³/mol. The van der Waals surface area contributed by atoms with Gasteiger partial charge in [0.05, 0.1) is 7.11 Å². The topological polar surface area (TPSA) is 26.3 Å². The van der Waals surface area contributed by atoms with E-state index in [1.165, 1.54) is 0 Å². The summed E-state index contributed by atoms with van der Waals surface area (Å²) in [5.74, 6) is 0.873. The molecule has 0 fully saturated rings. The van der Waals surface area contributed by atoms with Gasteiger partial charge in [0, 0.05) is 22.0 Å². The molecule has 0 bridgehead atoms. The van der Waals surface area contributed by atoms with Crippen molar-refractivity contribution in [3.05, 3.63) is 63.1 Å². The average Bonchev–Trinajstić information content (AvgIpc) is 2.38. The highest BCUT2D eigenvalue weighted by Gasteiger charge is 2.13. The summed E-state index contributed by atoms with van der Waals surface area (Å²) in [6.45, 7) is 3.96. The van der Waals surface area contributed by atoms with Crippen LogP contribution >= 0.6 is 15.9 Å². The molecule has 0 atom stereocenters. The third kappa shape index (κ3) is 3.28. The maximum Gasteiger partial charge on any atom is 0.167 e. The van der Waals surface area contributed by atoms with Gasteiger partial charge in [-0.25, -0.2) is 0 Å². The van der Waals surface area contributed by atoms with Gasteiger partial charge in [-0.2, -0.15) is 0 Å². The van der Waals surface area contributed by atoms with Crippen LogP contribution in [-0.2, 0) is 6.42 Å². The molecule has 0 saturated carbocycles. The third-order valence-corrected chi connectivity index (χ3v) is 3.77. The summed E-state index contributed by atoms with van der Waals surface area (Å²) < 4.78 is 6.31. The summed E-state index contributed by atoms with van der Waals surface area (Å²) in [4.78, 5) is 12.5. The first-order chi connectivity index (χ1) is 9.51. The molecule has 0 aliphatic rings. The van der Waals surface area contributed by atoms with E-state index in [1.54, 1.807) is 7.11 Å². The fraction of sp³-hybridized carbons (Fsp3) is 0.235. The Morgan fingerprint density at radius 1 is 1.15 bits per heavy atom. The lowest BCUT2D eigenvalue weighted by Crippen LogP contribution is -2.07. The Morgan fingerprint density at radius 2 is 1.90 bits per heavy atom. The fourth-order valence-corrected chi connectivity index (χ4v) is 2.73. The molecule has 2 aromatic rings. The van der Waals surface area contributed by atoms with Gasteiger partial charge in [0.15, 0.2) is 5.78 Å². The summed E-state index contributed by atoms with van der Waals surface area (Å²) in [6.07, 6.45) is 0.354. The molecule has 0 radical (unpaired) electrons. The van der Waals surface area contributed by atoms with Gasteiger partial charge in [0.25, 0.3) is 0 Å². The molecule has 2 nitrogen and oxygen atoms in total. The van der Waals surface area contributed by atoms with Gasteiger partial charge in [0.2, 0.25) is 0 Å². The first-order valence-electron chi connectivity index (χ1n) is 6.44. The number of hydrogen-bond acceptors (Lipinski definition) is 2. The van der Waals surface area contributed by atoms with E-state index in [0.29, 0.717) is 6.42 Å². The van der Waals surface area contributed by atoms with Gasteiger partial charge in [-0.1, -0.05) is 39.7 Å². The van der Waals surface area contributed by atoms with Gasteiger partial charge >= 0.3 is 0 Å². The number of halogens is 1. The molecule has 0 saturated heterocycles. The zero-order chi connectivity index (χ0) is 14.7. The van der Waals surface area contributed by atoms with Crippen LogP contribution in [0.25, 0.3) is 0 Å². The minimum absolute atomic E-state index is 0.110. The Bertz CT molecular complexity index is 647. The smallest absolute Gasteiger partial charge is 0.167 e. The standard InChI is InChI=1S/C17H17BrO2/c1-11-4-7-17(20-3)13(8-11)10-16(19)15-6-5-14(18)9-12(15)2/h4-9H,10H2,1-3H3. The lowest BCUT2D eigenvalue weighted by atomic mass is 9.98. The number of rotatable bonds is 4. The summed E-state index contributed by atoms with van der Waals surface area (Å²) in [5.41, 5.74) is 3.80. The minimum Gasteiger partial charge on any atom is -0.496 e. The molecule has 0 heterocycles. The molecule has 104 valence electrons. The molecular formula is C17H17BrO2. The molecule has 20 heavy (non-hydrogen) atoms. The number of Topliss-reactive ketones (excluding diaryl/α,β-unsaturated/α-hetero) is 1. The molecule has 3 heteroatoms. The summed E-state index contributed by atoms with van der Waals surface area (Å²) in [7, 11) is 1.63. The minimum atomic E-state index is 0.110. The normalized spacial score (nSPS) is 10.4. The second-order valence-electron chi connectivity index (χ2n) is 4.87. The summed E-state index contributed by atoms with van der Waals surface area (Å²) in [6, 6.07) is 11.6. The first-order valence-corrected chi connectivity index (χ1v) is 7.23. The van der Waals surface area contributed by atoms with Crippen LogP contribution in [-0.4, -0.2) is 12.9 Å². The molecule has 0 aliphatic heterocycles. The van der Waals surface area contributed by atoms with Crippen molar-refractivity contribution >= 4 is 21.7 Å². The van der Waals surface area contributed by atoms with Crippen molar-refractivity contribution in [2.45, 2.75) is 20.3 Å². The van der Waals surface area contributed by atoms with Crippen molar-refractivity contribution in [1.29, 1.82) is 0 Å². The Labute approximate surface area is 127 Å². The zero-order valence-corrected chi connectivity index (χ0v) is 13.5. The number of hydrogen-bond donors (Lipinski definition) is 0. The number of ketones is 1. The van der Waals surface area contributed by atoms with Crippen LogP contribution in [0.5, 0.6) is 5.75 Å². The monoisotopic (exact) mass is 332 g/mol. The Kier molecular flexibility index (Phi) is 4.61. The molecule has 0 spiro atoms. The second-order valence-corrected chi connectivity index (χ2v) is 5.79. The van der Waals surface area contributed by atoms with Crippen LogP contribution in [0.4, 0.5) is 0 Å². The molecule has 0 aromatic heterocycles. The van der Waals surface area contributed by atoms with E-state index in [2.05, 4.69) is 15.9 Å². The van der Waals surface area contributed by atoms with Crippen LogP contribution in [0.3, 0.4) is 0 Å². The van der Waals surface area contributed by atoms with E-state index in [0.717, 1.165) is 32.5 Å². The van der Waals surface area contributed by atoms with Crippen LogP contribution in [0.15, 0.2) is 40.9 Å². The average molecular weight is 333 g/mol. The van der Waals surface area contributed by atoms with Crippen LogP contribution < -0.4 is 4.74 Å². The molecular weight excluding hydrogens is 316 g/mol. The molecule has 2 aromatic carbocycles. The lowest BCUT2D eigenvalue weighted by molar-refractivity contribution is 0.0991. The maximum atomic E-state index is 12.5. The van der Waals surface area contributed by atoms with E-state index in [4.69, 9.17) is 4.74 Å². The number of benzene rings is 2.